The third-order valence-electron chi connectivity index (χ3n) is 5.90. The molecule has 0 saturated carbocycles. The van der Waals surface area contributed by atoms with Gasteiger partial charge in [0.1, 0.15) is 0 Å². The van der Waals surface area contributed by atoms with Crippen molar-refractivity contribution >= 4 is 21.4 Å². The molecule has 0 atom stereocenters. The smallest absolute Gasteiger partial charge is 0.211 e. The summed E-state index contributed by atoms with van der Waals surface area (Å²) in [5.74, 6) is 0. The summed E-state index contributed by atoms with van der Waals surface area (Å²) in [7, 11) is 0.885. The van der Waals surface area contributed by atoms with E-state index in [1.165, 1.54) is 16.1 Å². The molecule has 0 spiro atoms. The normalized spacial score (nSPS) is 14.0. The lowest BCUT2D eigenvalue weighted by Gasteiger charge is -2.28. The molecule has 6 nitrogen and oxygen atoms in total. The van der Waals surface area contributed by atoms with Crippen LogP contribution in [0.5, 0.6) is 0 Å². The number of fused-ring (bicyclic) bond motifs is 1. The first-order valence-corrected chi connectivity index (χ1v) is 12.7. The van der Waals surface area contributed by atoms with Gasteiger partial charge in [-0.2, -0.15) is 9.57 Å². The quantitative estimate of drug-likeness (QED) is 0.592. The van der Waals surface area contributed by atoms with E-state index in [2.05, 4.69) is 34.5 Å². The molecule has 3 aromatic rings. The molecule has 0 saturated heterocycles. The molecule has 1 N–H and O–H groups in total. The SMILES string of the molecule is CN(C)Cc1ccc(Nc2cccc3c2CCN(S(C)(=O)=O)C3)cc1-c1ccc(C#N)cc1. The lowest BCUT2D eigenvalue weighted by Crippen LogP contribution is -2.35. The number of benzene rings is 3. The minimum absolute atomic E-state index is 0.405. The standard InChI is InChI=1S/C26H28N4O2S/c1-29(2)17-22-11-12-23(15-25(22)20-9-7-19(16-27)8-10-20)28-26-6-4-5-21-18-30(33(3,31)32)14-13-24(21)26/h4-12,15,28H,13-14,17-18H2,1-3H3. The van der Waals surface area contributed by atoms with E-state index in [1.807, 2.05) is 56.6 Å². The van der Waals surface area contributed by atoms with Gasteiger partial charge in [-0.05, 0) is 78.7 Å². The first kappa shape index (κ1) is 23.0. The van der Waals surface area contributed by atoms with E-state index in [9.17, 15) is 8.42 Å². The molecule has 0 bridgehead atoms. The van der Waals surface area contributed by atoms with Crippen molar-refractivity contribution in [2.24, 2.45) is 0 Å². The Hall–Kier alpha value is -3.18. The monoisotopic (exact) mass is 460 g/mol. The first-order chi connectivity index (χ1) is 15.7. The highest BCUT2D eigenvalue weighted by Gasteiger charge is 2.24. The molecule has 0 aliphatic carbocycles. The van der Waals surface area contributed by atoms with E-state index in [-0.39, 0.29) is 0 Å². The van der Waals surface area contributed by atoms with Crippen LogP contribution in [0.2, 0.25) is 0 Å². The maximum absolute atomic E-state index is 12.0. The van der Waals surface area contributed by atoms with Crippen molar-refractivity contribution in [3.05, 3.63) is 82.9 Å². The van der Waals surface area contributed by atoms with Gasteiger partial charge in [0, 0.05) is 31.0 Å². The van der Waals surface area contributed by atoms with Gasteiger partial charge in [0.05, 0.1) is 17.9 Å². The van der Waals surface area contributed by atoms with Crippen molar-refractivity contribution in [2.45, 2.75) is 19.5 Å². The summed E-state index contributed by atoms with van der Waals surface area (Å²) in [6.45, 7) is 1.70. The molecule has 170 valence electrons. The number of anilines is 2. The average molecular weight is 461 g/mol. The largest absolute Gasteiger partial charge is 0.355 e. The fourth-order valence-corrected chi connectivity index (χ4v) is 5.06. The number of sulfonamides is 1. The topological polar surface area (TPSA) is 76.4 Å². The zero-order valence-electron chi connectivity index (χ0n) is 19.2. The van der Waals surface area contributed by atoms with Crippen molar-refractivity contribution in [1.82, 2.24) is 9.21 Å². The summed E-state index contributed by atoms with van der Waals surface area (Å²) < 4.78 is 25.5. The maximum atomic E-state index is 12.0. The minimum Gasteiger partial charge on any atom is -0.355 e. The second kappa shape index (κ2) is 9.36. The van der Waals surface area contributed by atoms with E-state index in [4.69, 9.17) is 5.26 Å². The Bertz CT molecular complexity index is 1310. The molecule has 4 rings (SSSR count). The van der Waals surface area contributed by atoms with Gasteiger partial charge >= 0.3 is 0 Å². The van der Waals surface area contributed by atoms with Gasteiger partial charge in [-0.15, -0.1) is 0 Å². The molecule has 1 aliphatic heterocycles. The van der Waals surface area contributed by atoms with Crippen molar-refractivity contribution in [2.75, 3.05) is 32.2 Å². The Morgan fingerprint density at radius 3 is 2.52 bits per heavy atom. The average Bonchev–Trinajstić information content (AvgIpc) is 2.79. The minimum atomic E-state index is -3.21. The Kier molecular flexibility index (Phi) is 6.52. The van der Waals surface area contributed by atoms with Crippen LogP contribution in [0.15, 0.2) is 60.7 Å². The predicted octanol–water partition coefficient (Wildman–Crippen LogP) is 4.35. The van der Waals surface area contributed by atoms with E-state index >= 15 is 0 Å². The van der Waals surface area contributed by atoms with Crippen LogP contribution in [0.3, 0.4) is 0 Å². The molecule has 0 unspecified atom stereocenters. The van der Waals surface area contributed by atoms with Crippen LogP contribution < -0.4 is 5.32 Å². The second-order valence-corrected chi connectivity index (χ2v) is 10.7. The number of nitriles is 1. The predicted molar refractivity (Wildman–Crippen MR) is 133 cm³/mol. The van der Waals surface area contributed by atoms with Gasteiger partial charge in [0.25, 0.3) is 0 Å². The fraction of sp³-hybridized carbons (Fsp3) is 0.269. The summed E-state index contributed by atoms with van der Waals surface area (Å²) in [5, 5.41) is 12.7. The number of nitrogens with one attached hydrogen (secondary N) is 1. The van der Waals surface area contributed by atoms with Gasteiger partial charge in [-0.3, -0.25) is 0 Å². The van der Waals surface area contributed by atoms with Crippen molar-refractivity contribution in [1.29, 1.82) is 5.26 Å². The Morgan fingerprint density at radius 1 is 1.09 bits per heavy atom. The molecule has 33 heavy (non-hydrogen) atoms. The highest BCUT2D eigenvalue weighted by Crippen LogP contribution is 2.33. The van der Waals surface area contributed by atoms with Gasteiger partial charge in [0.15, 0.2) is 0 Å². The van der Waals surface area contributed by atoms with Gasteiger partial charge < -0.3 is 10.2 Å². The third-order valence-corrected chi connectivity index (χ3v) is 7.15. The van der Waals surface area contributed by atoms with Crippen LogP contribution >= 0.6 is 0 Å². The van der Waals surface area contributed by atoms with Crippen LogP contribution in [0, 0.1) is 11.3 Å². The number of hydrogen-bond donors (Lipinski definition) is 1. The molecular formula is C26H28N4O2S. The summed E-state index contributed by atoms with van der Waals surface area (Å²) in [5.41, 5.74) is 8.19. The molecule has 1 heterocycles. The van der Waals surface area contributed by atoms with Crippen LogP contribution in [0.4, 0.5) is 11.4 Å². The molecular weight excluding hydrogens is 432 g/mol. The summed E-state index contributed by atoms with van der Waals surface area (Å²) >= 11 is 0. The second-order valence-electron chi connectivity index (χ2n) is 8.71. The van der Waals surface area contributed by atoms with E-state index in [0.29, 0.717) is 25.1 Å². The maximum Gasteiger partial charge on any atom is 0.211 e. The lowest BCUT2D eigenvalue weighted by atomic mass is 9.96. The van der Waals surface area contributed by atoms with Crippen LogP contribution in [0.25, 0.3) is 11.1 Å². The Balaban J connectivity index is 1.68. The van der Waals surface area contributed by atoms with Crippen LogP contribution in [-0.4, -0.2) is 44.5 Å². The number of nitrogens with zero attached hydrogens (tertiary/aromatic N) is 3. The Morgan fingerprint density at radius 2 is 1.85 bits per heavy atom. The van der Waals surface area contributed by atoms with E-state index < -0.39 is 10.0 Å². The number of hydrogen-bond acceptors (Lipinski definition) is 5. The first-order valence-electron chi connectivity index (χ1n) is 10.9. The zero-order valence-corrected chi connectivity index (χ0v) is 20.0. The molecule has 7 heteroatoms. The van der Waals surface area contributed by atoms with Gasteiger partial charge in [-0.1, -0.05) is 30.3 Å². The molecule has 0 amide bonds. The fourth-order valence-electron chi connectivity index (χ4n) is 4.27. The van der Waals surface area contributed by atoms with Crippen molar-refractivity contribution in [3.63, 3.8) is 0 Å². The lowest BCUT2D eigenvalue weighted by molar-refractivity contribution is 0.395. The highest BCUT2D eigenvalue weighted by molar-refractivity contribution is 7.88. The third kappa shape index (κ3) is 5.25. The Labute approximate surface area is 196 Å². The van der Waals surface area contributed by atoms with E-state index in [0.717, 1.165) is 40.2 Å². The van der Waals surface area contributed by atoms with Crippen LogP contribution in [-0.2, 0) is 29.5 Å². The highest BCUT2D eigenvalue weighted by atomic mass is 32.2. The zero-order chi connectivity index (χ0) is 23.6. The molecule has 0 radical (unpaired) electrons. The van der Waals surface area contributed by atoms with Crippen molar-refractivity contribution < 1.29 is 8.42 Å². The van der Waals surface area contributed by atoms with Gasteiger partial charge in [-0.25, -0.2) is 8.42 Å². The summed E-state index contributed by atoms with van der Waals surface area (Å²) in [6, 6.07) is 22.2. The van der Waals surface area contributed by atoms with E-state index in [1.54, 1.807) is 0 Å². The van der Waals surface area contributed by atoms with Gasteiger partial charge in [0.2, 0.25) is 10.0 Å². The summed E-state index contributed by atoms with van der Waals surface area (Å²) in [4.78, 5) is 2.14. The molecule has 3 aromatic carbocycles. The molecule has 1 aliphatic rings. The van der Waals surface area contributed by atoms with Crippen LogP contribution in [0.1, 0.15) is 22.3 Å². The van der Waals surface area contributed by atoms with Crippen molar-refractivity contribution in [3.8, 4) is 17.2 Å². The summed E-state index contributed by atoms with van der Waals surface area (Å²) in [6.07, 6.45) is 1.94. The molecule has 0 fully saturated rings. The molecule has 0 aromatic heterocycles. The number of rotatable bonds is 6.